The minimum absolute atomic E-state index is 0. The number of hydrogen-bond donors (Lipinski definition) is 4. The third-order valence-corrected chi connectivity index (χ3v) is 5.07. The second kappa shape index (κ2) is 15.4. The Bertz CT molecular complexity index is 658. The molecular weight excluding hydrogens is 458 g/mol. The van der Waals surface area contributed by atoms with Crippen molar-refractivity contribution in [1.29, 1.82) is 0 Å². The third kappa shape index (κ3) is 12.4. The molecule has 28 heavy (non-hydrogen) atoms. The van der Waals surface area contributed by atoms with E-state index in [1.54, 1.807) is 23.3 Å². The topological polar surface area (TPSA) is 136 Å². The van der Waals surface area contributed by atoms with Gasteiger partial charge in [0, 0.05) is 12.0 Å². The van der Waals surface area contributed by atoms with Crippen LogP contribution in [0.2, 0.25) is 0 Å². The number of carboxylic acid groups (broad SMARTS) is 1. The summed E-state index contributed by atoms with van der Waals surface area (Å²) in [6.07, 6.45) is -0.598. The van der Waals surface area contributed by atoms with E-state index in [0.717, 1.165) is 16.1 Å². The fourth-order valence-corrected chi connectivity index (χ4v) is 3.57. The zero-order chi connectivity index (χ0) is 21.2. The molecule has 0 fully saturated rings. The fourth-order valence-electron chi connectivity index (χ4n) is 2.21. The maximum Gasteiger partial charge on any atom is 1.00 e. The molecule has 0 aliphatic heterocycles. The van der Waals surface area contributed by atoms with Crippen LogP contribution in [0.3, 0.4) is 0 Å². The number of aryl methyl sites for hydroxylation is 2. The number of carbonyl (C=O) groups excluding carboxylic acids is 1. The fraction of sp³-hybridized carbons (Fsp3) is 0.600. The summed E-state index contributed by atoms with van der Waals surface area (Å²) in [6.45, 7) is 6.04. The molecule has 1 heterocycles. The van der Waals surface area contributed by atoms with Gasteiger partial charge < -0.3 is 26.0 Å². The minimum atomic E-state index is -4.10. The summed E-state index contributed by atoms with van der Waals surface area (Å²) in [5, 5.41) is 12.1. The van der Waals surface area contributed by atoms with Crippen molar-refractivity contribution in [3.8, 4) is 0 Å². The molecule has 0 aliphatic rings. The summed E-state index contributed by atoms with van der Waals surface area (Å²) in [4.78, 5) is 41.0. The number of amides is 1. The number of carbonyl (C=O) groups is 2. The van der Waals surface area contributed by atoms with E-state index in [0.29, 0.717) is 6.61 Å². The van der Waals surface area contributed by atoms with Gasteiger partial charge in [0.1, 0.15) is 5.88 Å². The predicted octanol–water partition coefficient (Wildman–Crippen LogP) is -1.12. The van der Waals surface area contributed by atoms with Gasteiger partial charge in [0.05, 0.1) is 31.2 Å². The van der Waals surface area contributed by atoms with Crippen molar-refractivity contribution in [2.75, 3.05) is 37.3 Å². The molecule has 0 saturated heterocycles. The number of nitrogens with one attached hydrogen (secondary N) is 1. The van der Waals surface area contributed by atoms with Crippen LogP contribution in [0.5, 0.6) is 0 Å². The number of methoxy groups -OCH3 is 1. The number of hydrogen-bond acceptors (Lipinski definition) is 6. The number of nitrogens with zero attached hydrogens (tertiary/aromatic N) is 1. The molecule has 1 atom stereocenters. The Hall–Kier alpha value is 0.636. The average molecular weight is 485 g/mol. The second-order valence-electron chi connectivity index (χ2n) is 5.67. The first-order chi connectivity index (χ1) is 12.4. The van der Waals surface area contributed by atoms with Crippen LogP contribution < -0.4 is 61.6 Å². The summed E-state index contributed by atoms with van der Waals surface area (Å²) >= 11 is 7.33. The van der Waals surface area contributed by atoms with Gasteiger partial charge in [0.15, 0.2) is 0 Å². The molecule has 1 aromatic heterocycles. The zero-order valence-electron chi connectivity index (χ0n) is 17.6. The summed E-state index contributed by atoms with van der Waals surface area (Å²) in [5.41, 5.74) is 2.08. The van der Waals surface area contributed by atoms with E-state index in [9.17, 15) is 14.2 Å². The number of thiophene rings is 1. The Labute approximate surface area is 217 Å². The van der Waals surface area contributed by atoms with E-state index >= 15 is 0 Å². The first-order valence-corrected chi connectivity index (χ1v) is 11.0. The minimum Gasteiger partial charge on any atom is -1.00 e. The normalized spacial score (nSPS) is 11.7. The summed E-state index contributed by atoms with van der Waals surface area (Å²) in [5.74, 6) is -1.24. The number of carboxylic acids is 1. The van der Waals surface area contributed by atoms with Crippen LogP contribution in [-0.2, 0) is 18.9 Å². The van der Waals surface area contributed by atoms with Crippen molar-refractivity contribution in [1.82, 2.24) is 5.32 Å². The van der Waals surface area contributed by atoms with Crippen molar-refractivity contribution in [2.24, 2.45) is 0 Å². The maximum absolute atomic E-state index is 12.0. The van der Waals surface area contributed by atoms with Crippen LogP contribution in [0, 0.1) is 13.8 Å². The molecule has 13 heteroatoms. The molecule has 1 rings (SSSR count). The van der Waals surface area contributed by atoms with Gasteiger partial charge in [0.25, 0.3) is 0 Å². The van der Waals surface area contributed by atoms with Crippen molar-refractivity contribution < 1.29 is 86.6 Å². The first-order valence-electron chi connectivity index (χ1n) is 7.83. The number of aliphatic carboxylic acids is 1. The standard InChI is InChI=1S/C12H18ClNO2S.C3H8NO5P.K.H/c1-8-7-17-10(3)12(8)14(11(15)5-13)9(2)6-16-4;5-3(6)1-4-2-10(7,8)9;;/h7,9H,5-6H2,1-4H3;4H,1-2H2,(H,5,6)(H2,7,8,9);;/q;;+1;-1. The molecule has 0 aliphatic carbocycles. The number of alkyl halides is 1. The SMILES string of the molecule is COCC(C)N(C(=O)CCl)c1c(C)csc1C.O=C(O)CNCP(=O)(O)O.[H-].[K+]. The van der Waals surface area contributed by atoms with Crippen LogP contribution in [0.4, 0.5) is 5.69 Å². The Balaban J connectivity index is -0.000000491. The number of rotatable bonds is 9. The Morgan fingerprint density at radius 2 is 2.00 bits per heavy atom. The quantitative estimate of drug-likeness (QED) is 0.197. The molecule has 4 N–H and O–H groups in total. The van der Waals surface area contributed by atoms with Crippen molar-refractivity contribution in [2.45, 2.75) is 26.8 Å². The maximum atomic E-state index is 12.0. The molecule has 9 nitrogen and oxygen atoms in total. The monoisotopic (exact) mass is 484 g/mol. The van der Waals surface area contributed by atoms with Crippen LogP contribution in [0.1, 0.15) is 18.8 Å². The van der Waals surface area contributed by atoms with E-state index in [4.69, 9.17) is 31.2 Å². The van der Waals surface area contributed by atoms with E-state index < -0.39 is 26.4 Å². The van der Waals surface area contributed by atoms with Gasteiger partial charge in [-0.15, -0.1) is 22.9 Å². The molecule has 0 aromatic carbocycles. The van der Waals surface area contributed by atoms with Crippen molar-refractivity contribution in [3.63, 3.8) is 0 Å². The van der Waals surface area contributed by atoms with Gasteiger partial charge in [-0.05, 0) is 31.7 Å². The van der Waals surface area contributed by atoms with E-state index in [1.807, 2.05) is 20.8 Å². The van der Waals surface area contributed by atoms with Gasteiger partial charge in [-0.3, -0.25) is 19.5 Å². The number of anilines is 1. The molecule has 1 amide bonds. The average Bonchev–Trinajstić information content (AvgIpc) is 2.86. The largest absolute Gasteiger partial charge is 1.00 e. The molecule has 0 bridgehead atoms. The zero-order valence-corrected chi connectivity index (χ0v) is 22.2. The number of ether oxygens (including phenoxy) is 1. The molecule has 0 radical (unpaired) electrons. The Kier molecular flexibility index (Phi) is 17.0. The molecule has 1 unspecified atom stereocenters. The van der Waals surface area contributed by atoms with Gasteiger partial charge in [0.2, 0.25) is 5.91 Å². The molecule has 0 saturated carbocycles. The first kappa shape index (κ1) is 30.8. The second-order valence-corrected chi connectivity index (χ2v) is 8.67. The Morgan fingerprint density at radius 1 is 1.43 bits per heavy atom. The molecule has 1 aromatic rings. The van der Waals surface area contributed by atoms with Gasteiger partial charge >= 0.3 is 64.9 Å². The van der Waals surface area contributed by atoms with Crippen LogP contribution in [0.25, 0.3) is 0 Å². The van der Waals surface area contributed by atoms with Crippen molar-refractivity contribution >= 4 is 48.1 Å². The van der Waals surface area contributed by atoms with Crippen LogP contribution in [-0.4, -0.2) is 65.2 Å². The summed E-state index contributed by atoms with van der Waals surface area (Å²) in [7, 11) is -2.46. The third-order valence-electron chi connectivity index (χ3n) is 3.19. The smallest absolute Gasteiger partial charge is 1.00 e. The molecular formula is C15H27ClKN2O7PS. The van der Waals surface area contributed by atoms with E-state index in [-0.39, 0.29) is 70.6 Å². The van der Waals surface area contributed by atoms with Gasteiger partial charge in [-0.25, -0.2) is 0 Å². The number of halogens is 1. The molecule has 0 spiro atoms. The van der Waals surface area contributed by atoms with Crippen molar-refractivity contribution in [3.05, 3.63) is 15.8 Å². The van der Waals surface area contributed by atoms with E-state index in [2.05, 4.69) is 10.7 Å². The molecule has 158 valence electrons. The van der Waals surface area contributed by atoms with Gasteiger partial charge in [-0.1, -0.05) is 0 Å². The van der Waals surface area contributed by atoms with Crippen LogP contribution in [0.15, 0.2) is 5.38 Å². The summed E-state index contributed by atoms with van der Waals surface area (Å²) < 4.78 is 15.2. The Morgan fingerprint density at radius 3 is 2.36 bits per heavy atom. The predicted molar refractivity (Wildman–Crippen MR) is 107 cm³/mol. The van der Waals surface area contributed by atoms with E-state index in [1.165, 1.54) is 0 Å². The van der Waals surface area contributed by atoms with Gasteiger partial charge in [-0.2, -0.15) is 0 Å². The van der Waals surface area contributed by atoms with Crippen LogP contribution >= 0.6 is 30.5 Å². The summed E-state index contributed by atoms with van der Waals surface area (Å²) in [6, 6.07) is -0.0155.